The molecule has 2 heteroatoms. The van der Waals surface area contributed by atoms with Crippen LogP contribution in [0.15, 0.2) is 36.4 Å². The monoisotopic (exact) mass is 307 g/mol. The predicted octanol–water partition coefficient (Wildman–Crippen LogP) is 5.00. The smallest absolute Gasteiger partial charge is 0.141 e. The van der Waals surface area contributed by atoms with E-state index >= 15 is 0 Å². The Morgan fingerprint density at radius 2 is 1.87 bits per heavy atom. The van der Waals surface area contributed by atoms with E-state index in [9.17, 15) is 4.39 Å². The molecule has 2 aromatic rings. The molecule has 1 unspecified atom stereocenters. The summed E-state index contributed by atoms with van der Waals surface area (Å²) in [6.07, 6.45) is 6.34. The number of nitrogens with zero attached hydrogens (tertiary/aromatic N) is 1. The van der Waals surface area contributed by atoms with Crippen molar-refractivity contribution in [3.8, 4) is 6.07 Å². The van der Waals surface area contributed by atoms with Gasteiger partial charge >= 0.3 is 0 Å². The summed E-state index contributed by atoms with van der Waals surface area (Å²) >= 11 is 0. The maximum Gasteiger partial charge on any atom is 0.141 e. The van der Waals surface area contributed by atoms with Crippen LogP contribution in [0.1, 0.15) is 47.6 Å². The molecule has 1 aliphatic carbocycles. The summed E-state index contributed by atoms with van der Waals surface area (Å²) in [7, 11) is 0. The number of nitriles is 1. The molecule has 1 nitrogen and oxygen atoms in total. The van der Waals surface area contributed by atoms with E-state index in [4.69, 9.17) is 5.26 Å². The molecule has 0 heterocycles. The molecule has 0 aliphatic heterocycles. The number of hydrogen-bond acceptors (Lipinski definition) is 1. The summed E-state index contributed by atoms with van der Waals surface area (Å²) in [4.78, 5) is 0. The Hall–Kier alpha value is -2.14. The highest BCUT2D eigenvalue weighted by Crippen LogP contribution is 2.30. The van der Waals surface area contributed by atoms with Crippen molar-refractivity contribution in [1.29, 1.82) is 5.26 Å². The second kappa shape index (κ2) is 6.96. The number of benzene rings is 2. The van der Waals surface area contributed by atoms with E-state index in [2.05, 4.69) is 31.2 Å². The predicted molar refractivity (Wildman–Crippen MR) is 90.8 cm³/mol. The SMILES string of the molecule is CCc1ccc(CCC2CCc3cc(C#N)c(F)cc3C2)cc1. The largest absolute Gasteiger partial charge is 0.206 e. The Kier molecular flexibility index (Phi) is 4.76. The van der Waals surface area contributed by atoms with Crippen LogP contribution in [0.2, 0.25) is 0 Å². The molecular formula is C21H22FN. The van der Waals surface area contributed by atoms with Crippen LogP contribution >= 0.6 is 0 Å². The van der Waals surface area contributed by atoms with Crippen LogP contribution in [0, 0.1) is 23.1 Å². The van der Waals surface area contributed by atoms with Crippen LogP contribution in [-0.2, 0) is 25.7 Å². The van der Waals surface area contributed by atoms with Gasteiger partial charge in [-0.3, -0.25) is 0 Å². The Balaban J connectivity index is 1.63. The average molecular weight is 307 g/mol. The van der Waals surface area contributed by atoms with E-state index in [0.717, 1.165) is 49.7 Å². The quantitative estimate of drug-likeness (QED) is 0.780. The Labute approximate surface area is 137 Å². The molecule has 0 aromatic heterocycles. The minimum Gasteiger partial charge on any atom is -0.206 e. The summed E-state index contributed by atoms with van der Waals surface area (Å²) in [5.74, 6) is 0.239. The Morgan fingerprint density at radius 3 is 2.57 bits per heavy atom. The van der Waals surface area contributed by atoms with Gasteiger partial charge in [-0.2, -0.15) is 5.26 Å². The minimum atomic E-state index is -0.373. The fourth-order valence-electron chi connectivity index (χ4n) is 3.50. The molecule has 0 saturated carbocycles. The summed E-state index contributed by atoms with van der Waals surface area (Å²) < 4.78 is 13.8. The zero-order valence-corrected chi connectivity index (χ0v) is 13.6. The normalized spacial score (nSPS) is 16.7. The summed E-state index contributed by atoms with van der Waals surface area (Å²) in [6, 6.07) is 14.1. The number of hydrogen-bond donors (Lipinski definition) is 0. The lowest BCUT2D eigenvalue weighted by Gasteiger charge is -2.25. The molecule has 0 radical (unpaired) electrons. The van der Waals surface area contributed by atoms with Crippen molar-refractivity contribution in [1.82, 2.24) is 0 Å². The van der Waals surface area contributed by atoms with Crippen molar-refractivity contribution in [3.63, 3.8) is 0 Å². The molecule has 118 valence electrons. The first-order chi connectivity index (χ1) is 11.2. The molecule has 0 saturated heterocycles. The zero-order chi connectivity index (χ0) is 16.2. The van der Waals surface area contributed by atoms with Crippen molar-refractivity contribution in [2.75, 3.05) is 0 Å². The minimum absolute atomic E-state index is 0.179. The van der Waals surface area contributed by atoms with Gasteiger partial charge in [0.05, 0.1) is 5.56 Å². The lowest BCUT2D eigenvalue weighted by Crippen LogP contribution is -2.15. The first-order valence-electron chi connectivity index (χ1n) is 8.48. The summed E-state index contributed by atoms with van der Waals surface area (Å²) in [6.45, 7) is 2.17. The highest BCUT2D eigenvalue weighted by molar-refractivity contribution is 5.40. The van der Waals surface area contributed by atoms with Gasteiger partial charge in [0.25, 0.3) is 0 Å². The molecule has 0 amide bonds. The second-order valence-electron chi connectivity index (χ2n) is 6.53. The lowest BCUT2D eigenvalue weighted by molar-refractivity contribution is 0.425. The Bertz CT molecular complexity index is 725. The molecule has 1 aliphatic rings. The first kappa shape index (κ1) is 15.7. The molecule has 2 aromatic carbocycles. The van der Waals surface area contributed by atoms with Crippen molar-refractivity contribution >= 4 is 0 Å². The van der Waals surface area contributed by atoms with E-state index < -0.39 is 0 Å². The van der Waals surface area contributed by atoms with Gasteiger partial charge in [0.15, 0.2) is 0 Å². The molecule has 0 bridgehead atoms. The molecule has 23 heavy (non-hydrogen) atoms. The third kappa shape index (κ3) is 3.62. The fourth-order valence-corrected chi connectivity index (χ4v) is 3.50. The number of aryl methyl sites for hydroxylation is 3. The maximum absolute atomic E-state index is 13.8. The van der Waals surface area contributed by atoms with Gasteiger partial charge in [-0.15, -0.1) is 0 Å². The fraction of sp³-hybridized carbons (Fsp3) is 0.381. The van der Waals surface area contributed by atoms with Crippen molar-refractivity contribution in [2.45, 2.75) is 45.4 Å². The van der Waals surface area contributed by atoms with Gasteiger partial charge in [0.1, 0.15) is 11.9 Å². The first-order valence-corrected chi connectivity index (χ1v) is 8.48. The third-order valence-electron chi connectivity index (χ3n) is 5.01. The Morgan fingerprint density at radius 1 is 1.13 bits per heavy atom. The molecule has 0 fully saturated rings. The average Bonchev–Trinajstić information content (AvgIpc) is 2.59. The van der Waals surface area contributed by atoms with Crippen LogP contribution in [-0.4, -0.2) is 0 Å². The summed E-state index contributed by atoms with van der Waals surface area (Å²) in [5, 5.41) is 8.93. The van der Waals surface area contributed by atoms with Gasteiger partial charge < -0.3 is 0 Å². The lowest BCUT2D eigenvalue weighted by atomic mass is 9.80. The van der Waals surface area contributed by atoms with Crippen molar-refractivity contribution in [2.24, 2.45) is 5.92 Å². The number of rotatable bonds is 4. The van der Waals surface area contributed by atoms with Gasteiger partial charge in [-0.05, 0) is 78.8 Å². The highest BCUT2D eigenvalue weighted by Gasteiger charge is 2.20. The standard InChI is InChI=1S/C21H22FN/c1-2-15-3-5-16(6-4-15)7-8-17-9-10-18-12-20(14-23)21(22)13-19(18)11-17/h3-6,12-13,17H,2,7-11H2,1H3. The van der Waals surface area contributed by atoms with Gasteiger partial charge in [-0.1, -0.05) is 31.2 Å². The molecular weight excluding hydrogens is 285 g/mol. The number of fused-ring (bicyclic) bond motifs is 1. The number of halogens is 1. The van der Waals surface area contributed by atoms with E-state index in [-0.39, 0.29) is 11.4 Å². The van der Waals surface area contributed by atoms with Gasteiger partial charge in [0, 0.05) is 0 Å². The molecule has 0 N–H and O–H groups in total. The van der Waals surface area contributed by atoms with Crippen molar-refractivity contribution in [3.05, 3.63) is 70.0 Å². The van der Waals surface area contributed by atoms with Crippen LogP contribution in [0.25, 0.3) is 0 Å². The molecule has 0 spiro atoms. The maximum atomic E-state index is 13.8. The van der Waals surface area contributed by atoms with E-state index in [1.807, 2.05) is 6.07 Å². The van der Waals surface area contributed by atoms with Gasteiger partial charge in [-0.25, -0.2) is 4.39 Å². The van der Waals surface area contributed by atoms with E-state index in [1.165, 1.54) is 11.1 Å². The van der Waals surface area contributed by atoms with Gasteiger partial charge in [0.2, 0.25) is 0 Å². The molecule has 1 atom stereocenters. The summed E-state index contributed by atoms with van der Waals surface area (Å²) in [5.41, 5.74) is 5.20. The van der Waals surface area contributed by atoms with E-state index in [1.54, 1.807) is 12.1 Å². The second-order valence-corrected chi connectivity index (χ2v) is 6.53. The molecule has 3 rings (SSSR count). The van der Waals surface area contributed by atoms with Crippen LogP contribution in [0.3, 0.4) is 0 Å². The zero-order valence-electron chi connectivity index (χ0n) is 13.6. The van der Waals surface area contributed by atoms with E-state index in [0.29, 0.717) is 5.92 Å². The third-order valence-corrected chi connectivity index (χ3v) is 5.01. The van der Waals surface area contributed by atoms with Crippen LogP contribution < -0.4 is 0 Å². The van der Waals surface area contributed by atoms with Crippen molar-refractivity contribution < 1.29 is 4.39 Å². The van der Waals surface area contributed by atoms with Crippen LogP contribution in [0.5, 0.6) is 0 Å². The highest BCUT2D eigenvalue weighted by atomic mass is 19.1. The van der Waals surface area contributed by atoms with Crippen LogP contribution in [0.4, 0.5) is 4.39 Å². The topological polar surface area (TPSA) is 23.8 Å².